The van der Waals surface area contributed by atoms with Gasteiger partial charge in [-0.1, -0.05) is 25.4 Å². The molecule has 1 saturated carbocycles. The lowest BCUT2D eigenvalue weighted by atomic mass is 10.0. The minimum atomic E-state index is -0.315. The Hall–Kier alpha value is -1.81. The quantitative estimate of drug-likeness (QED) is 0.614. The van der Waals surface area contributed by atoms with E-state index in [1.54, 1.807) is 18.2 Å². The Morgan fingerprint density at radius 1 is 1.36 bits per heavy atom. The van der Waals surface area contributed by atoms with Crippen LogP contribution in [0, 0.1) is 17.8 Å². The van der Waals surface area contributed by atoms with Gasteiger partial charge in [-0.15, -0.1) is 0 Å². The predicted molar refractivity (Wildman–Crippen MR) is 82.9 cm³/mol. The van der Waals surface area contributed by atoms with E-state index in [-0.39, 0.29) is 23.6 Å². The highest BCUT2D eigenvalue weighted by Gasteiger charge is 2.49. The van der Waals surface area contributed by atoms with Gasteiger partial charge in [0.1, 0.15) is 0 Å². The molecule has 3 rings (SSSR count). The fraction of sp³-hybridized carbons (Fsp3) is 0.412. The number of fused-ring (bicyclic) bond motifs is 1. The number of benzene rings is 1. The number of ketones is 1. The molecule has 2 aromatic rings. The third-order valence-corrected chi connectivity index (χ3v) is 4.06. The van der Waals surface area contributed by atoms with Crippen LogP contribution in [0.2, 0.25) is 5.02 Å². The van der Waals surface area contributed by atoms with E-state index in [0.29, 0.717) is 35.1 Å². The maximum atomic E-state index is 12.5. The first-order valence-corrected chi connectivity index (χ1v) is 7.72. The number of ether oxygens (including phenoxy) is 1. The van der Waals surface area contributed by atoms with Crippen molar-refractivity contribution < 1.29 is 18.7 Å². The number of carbonyl (C=O) groups is 2. The third kappa shape index (κ3) is 2.88. The van der Waals surface area contributed by atoms with Gasteiger partial charge in [0, 0.05) is 16.9 Å². The number of esters is 1. The molecule has 1 fully saturated rings. The second kappa shape index (κ2) is 5.76. The van der Waals surface area contributed by atoms with Crippen molar-refractivity contribution in [2.75, 3.05) is 6.61 Å². The van der Waals surface area contributed by atoms with Crippen LogP contribution in [0.4, 0.5) is 0 Å². The van der Waals surface area contributed by atoms with E-state index in [2.05, 4.69) is 0 Å². The summed E-state index contributed by atoms with van der Waals surface area (Å²) in [4.78, 5) is 24.4. The topological polar surface area (TPSA) is 56.5 Å². The third-order valence-electron chi connectivity index (χ3n) is 3.78. The van der Waals surface area contributed by atoms with Crippen LogP contribution in [0.5, 0.6) is 0 Å². The largest absolute Gasteiger partial charge is 0.465 e. The summed E-state index contributed by atoms with van der Waals surface area (Å²) in [6.45, 7) is 4.35. The monoisotopic (exact) mass is 320 g/mol. The zero-order valence-electron chi connectivity index (χ0n) is 12.5. The Bertz CT molecular complexity index is 731. The number of furan rings is 1. The second-order valence-corrected chi connectivity index (χ2v) is 6.54. The van der Waals surface area contributed by atoms with Gasteiger partial charge >= 0.3 is 5.97 Å². The summed E-state index contributed by atoms with van der Waals surface area (Å²) >= 11 is 6.12. The van der Waals surface area contributed by atoms with Crippen molar-refractivity contribution in [3.63, 3.8) is 0 Å². The van der Waals surface area contributed by atoms with Crippen LogP contribution >= 0.6 is 11.6 Å². The molecule has 1 aromatic carbocycles. The number of halogens is 1. The number of Topliss-reactive ketones (excluding diaryl/α,β-unsaturated/α-hetero) is 1. The smallest absolute Gasteiger partial charge is 0.309 e. The number of rotatable bonds is 5. The number of carbonyl (C=O) groups excluding carboxylic acids is 2. The van der Waals surface area contributed by atoms with Crippen LogP contribution < -0.4 is 0 Å². The van der Waals surface area contributed by atoms with Crippen LogP contribution in [-0.2, 0) is 9.53 Å². The summed E-state index contributed by atoms with van der Waals surface area (Å²) in [7, 11) is 0. The molecule has 5 heteroatoms. The summed E-state index contributed by atoms with van der Waals surface area (Å²) in [6.07, 6.45) is 2.09. The molecule has 1 aliphatic rings. The van der Waals surface area contributed by atoms with Crippen molar-refractivity contribution in [3.05, 3.63) is 35.0 Å². The van der Waals surface area contributed by atoms with Crippen molar-refractivity contribution >= 4 is 34.3 Å². The summed E-state index contributed by atoms with van der Waals surface area (Å²) in [5, 5.41) is 1.20. The average molecular weight is 321 g/mol. The van der Waals surface area contributed by atoms with E-state index < -0.39 is 0 Å². The first-order valence-electron chi connectivity index (χ1n) is 7.35. The van der Waals surface area contributed by atoms with Crippen LogP contribution in [0.1, 0.15) is 30.6 Å². The van der Waals surface area contributed by atoms with Gasteiger partial charge in [0.15, 0.2) is 11.4 Å². The van der Waals surface area contributed by atoms with Gasteiger partial charge in [-0.25, -0.2) is 0 Å². The molecule has 1 heterocycles. The Kier molecular flexibility index (Phi) is 3.96. The van der Waals surface area contributed by atoms with Gasteiger partial charge in [-0.2, -0.15) is 0 Å². The molecule has 1 aromatic heterocycles. The molecule has 0 amide bonds. The molecule has 0 saturated heterocycles. The fourth-order valence-electron chi connectivity index (χ4n) is 2.50. The predicted octanol–water partition coefficient (Wildman–Crippen LogP) is 4.10. The SMILES string of the molecule is CC(C)COC(=O)C1CC1C(=O)c1cc(Cl)c2occc2c1. The first kappa shape index (κ1) is 15.1. The van der Waals surface area contributed by atoms with Crippen LogP contribution in [0.25, 0.3) is 11.0 Å². The molecule has 22 heavy (non-hydrogen) atoms. The molecule has 116 valence electrons. The first-order chi connectivity index (χ1) is 10.5. The van der Waals surface area contributed by atoms with Crippen LogP contribution in [0.3, 0.4) is 0 Å². The molecule has 1 aliphatic carbocycles. The van der Waals surface area contributed by atoms with Gasteiger partial charge in [0.25, 0.3) is 0 Å². The molecule has 2 unspecified atom stereocenters. The van der Waals surface area contributed by atoms with Gasteiger partial charge in [-0.05, 0) is 30.5 Å². The maximum Gasteiger partial charge on any atom is 0.309 e. The summed E-state index contributed by atoms with van der Waals surface area (Å²) in [5.74, 6) is -0.650. The van der Waals surface area contributed by atoms with E-state index in [1.165, 1.54) is 6.26 Å². The van der Waals surface area contributed by atoms with E-state index in [4.69, 9.17) is 20.8 Å². The van der Waals surface area contributed by atoms with Crippen molar-refractivity contribution in [1.82, 2.24) is 0 Å². The average Bonchev–Trinajstić information content (AvgIpc) is 3.13. The van der Waals surface area contributed by atoms with E-state index in [9.17, 15) is 9.59 Å². The molecule has 0 bridgehead atoms. The highest BCUT2D eigenvalue weighted by Crippen LogP contribution is 2.42. The Labute approximate surface area is 133 Å². The molecule has 0 N–H and O–H groups in total. The van der Waals surface area contributed by atoms with E-state index >= 15 is 0 Å². The van der Waals surface area contributed by atoms with Crippen LogP contribution in [0.15, 0.2) is 28.9 Å². The second-order valence-electron chi connectivity index (χ2n) is 6.13. The van der Waals surface area contributed by atoms with Crippen molar-refractivity contribution in [3.8, 4) is 0 Å². The highest BCUT2D eigenvalue weighted by atomic mass is 35.5. The van der Waals surface area contributed by atoms with Gasteiger partial charge in [-0.3, -0.25) is 9.59 Å². The zero-order valence-corrected chi connectivity index (χ0v) is 13.2. The Morgan fingerprint density at radius 3 is 2.86 bits per heavy atom. The molecule has 2 atom stereocenters. The van der Waals surface area contributed by atoms with Crippen molar-refractivity contribution in [1.29, 1.82) is 0 Å². The lowest BCUT2D eigenvalue weighted by molar-refractivity contribution is -0.146. The molecule has 4 nitrogen and oxygen atoms in total. The van der Waals surface area contributed by atoms with Crippen molar-refractivity contribution in [2.24, 2.45) is 17.8 Å². The minimum absolute atomic E-state index is 0.0588. The molecule has 0 spiro atoms. The van der Waals surface area contributed by atoms with Crippen LogP contribution in [-0.4, -0.2) is 18.4 Å². The van der Waals surface area contributed by atoms with Gasteiger partial charge in [0.2, 0.25) is 0 Å². The summed E-state index contributed by atoms with van der Waals surface area (Å²) in [6, 6.07) is 5.12. The molecular weight excluding hydrogens is 304 g/mol. The van der Waals surface area contributed by atoms with Gasteiger partial charge in [0.05, 0.1) is 23.8 Å². The molecule has 0 aliphatic heterocycles. The van der Waals surface area contributed by atoms with E-state index in [1.807, 2.05) is 13.8 Å². The van der Waals surface area contributed by atoms with Crippen molar-refractivity contribution in [2.45, 2.75) is 20.3 Å². The normalized spacial score (nSPS) is 20.4. The summed E-state index contributed by atoms with van der Waals surface area (Å²) < 4.78 is 10.4. The lowest BCUT2D eigenvalue weighted by Crippen LogP contribution is -2.14. The van der Waals surface area contributed by atoms with E-state index in [0.717, 1.165) is 5.39 Å². The highest BCUT2D eigenvalue weighted by molar-refractivity contribution is 6.35. The van der Waals surface area contributed by atoms with Gasteiger partial charge < -0.3 is 9.15 Å². The number of hydrogen-bond donors (Lipinski definition) is 0. The summed E-state index contributed by atoms with van der Waals surface area (Å²) in [5.41, 5.74) is 1.09. The molecular formula is C17H17ClO4. The molecule has 0 radical (unpaired) electrons. The maximum absolute atomic E-state index is 12.5. The fourth-order valence-corrected chi connectivity index (χ4v) is 2.77. The lowest BCUT2D eigenvalue weighted by Gasteiger charge is -2.06. The standard InChI is InChI=1S/C17H17ClO4/c1-9(2)8-22-17(20)13-7-12(13)15(19)11-5-10-3-4-21-16(10)14(18)6-11/h3-6,9,12-13H,7-8H2,1-2H3. The number of hydrogen-bond acceptors (Lipinski definition) is 4. The Morgan fingerprint density at radius 2 is 2.14 bits per heavy atom. The minimum Gasteiger partial charge on any atom is -0.465 e. The zero-order chi connectivity index (χ0) is 15.9. The Balaban J connectivity index is 1.70.